The lowest BCUT2D eigenvalue weighted by Crippen LogP contribution is -1.94. The Labute approximate surface area is 146 Å². The summed E-state index contributed by atoms with van der Waals surface area (Å²) in [6.45, 7) is 0. The third-order valence-corrected chi connectivity index (χ3v) is 4.59. The topological polar surface area (TPSA) is 38.7 Å². The zero-order valence-electron chi connectivity index (χ0n) is 12.9. The number of pyridine rings is 1. The van der Waals surface area contributed by atoms with Crippen molar-refractivity contribution in [1.82, 2.24) is 15.0 Å². The van der Waals surface area contributed by atoms with Gasteiger partial charge in [0.1, 0.15) is 5.03 Å². The molecule has 0 aliphatic carbocycles. The zero-order valence-corrected chi connectivity index (χ0v) is 13.7. The second kappa shape index (κ2) is 6.57. The molecule has 0 spiro atoms. The predicted octanol–water partition coefficient (Wildman–Crippen LogP) is 5.12. The van der Waals surface area contributed by atoms with Crippen molar-refractivity contribution in [3.63, 3.8) is 0 Å². The van der Waals surface area contributed by atoms with Crippen LogP contribution in [0.2, 0.25) is 0 Å². The Balaban J connectivity index is 1.85. The Morgan fingerprint density at radius 1 is 0.840 bits per heavy atom. The molecule has 3 nitrogen and oxygen atoms in total. The molecule has 0 atom stereocenters. The van der Waals surface area contributed by atoms with Crippen LogP contribution in [0.25, 0.3) is 22.3 Å². The number of hydrogen-bond acceptors (Lipinski definition) is 4. The number of halogens is 2. The summed E-state index contributed by atoms with van der Waals surface area (Å²) >= 11 is 1.27. The number of hydrogen-bond donors (Lipinski definition) is 0. The molecule has 0 fully saturated rings. The van der Waals surface area contributed by atoms with Gasteiger partial charge in [0.25, 0.3) is 0 Å². The lowest BCUT2D eigenvalue weighted by molar-refractivity contribution is 0.506. The molecule has 122 valence electrons. The van der Waals surface area contributed by atoms with Gasteiger partial charge in [-0.25, -0.2) is 18.7 Å². The van der Waals surface area contributed by atoms with Gasteiger partial charge in [0, 0.05) is 28.2 Å². The summed E-state index contributed by atoms with van der Waals surface area (Å²) in [5.74, 6) is -1.21. The molecule has 2 aromatic heterocycles. The predicted molar refractivity (Wildman–Crippen MR) is 93.3 cm³/mol. The highest BCUT2D eigenvalue weighted by molar-refractivity contribution is 7.99. The Bertz CT molecular complexity index is 1050. The van der Waals surface area contributed by atoms with E-state index in [1.54, 1.807) is 12.4 Å². The molecule has 0 amide bonds. The molecular weight excluding hydrogens is 340 g/mol. The van der Waals surface area contributed by atoms with Crippen molar-refractivity contribution in [3.05, 3.63) is 78.6 Å². The van der Waals surface area contributed by atoms with Crippen molar-refractivity contribution in [3.8, 4) is 11.4 Å². The Morgan fingerprint density at radius 3 is 2.52 bits per heavy atom. The fourth-order valence-corrected chi connectivity index (χ4v) is 3.34. The molecule has 6 heteroatoms. The highest BCUT2D eigenvalue weighted by Crippen LogP contribution is 2.33. The maximum Gasteiger partial charge on any atom is 0.162 e. The molecule has 2 heterocycles. The molecular formula is C19H11F2N3S. The average molecular weight is 351 g/mol. The van der Waals surface area contributed by atoms with Gasteiger partial charge in [-0.15, -0.1) is 0 Å². The molecule has 0 aliphatic rings. The standard InChI is InChI=1S/C19H11F2N3S/c20-15-8-7-13(10-16(15)21)25-19-14-5-1-2-6-17(14)23-18(24-19)12-4-3-9-22-11-12/h1-11H. The van der Waals surface area contributed by atoms with Crippen molar-refractivity contribution in [2.24, 2.45) is 0 Å². The molecule has 0 radical (unpaired) electrons. The zero-order chi connectivity index (χ0) is 17.2. The summed E-state index contributed by atoms with van der Waals surface area (Å²) in [5.41, 5.74) is 1.57. The van der Waals surface area contributed by atoms with E-state index in [-0.39, 0.29) is 0 Å². The van der Waals surface area contributed by atoms with E-state index < -0.39 is 11.6 Å². The van der Waals surface area contributed by atoms with Crippen LogP contribution in [-0.4, -0.2) is 15.0 Å². The van der Waals surface area contributed by atoms with Crippen LogP contribution in [0.5, 0.6) is 0 Å². The van der Waals surface area contributed by atoms with Gasteiger partial charge >= 0.3 is 0 Å². The molecule has 25 heavy (non-hydrogen) atoms. The second-order valence-corrected chi connectivity index (χ2v) is 6.35. The molecule has 4 rings (SSSR count). The molecule has 0 unspecified atom stereocenters. The first-order chi connectivity index (χ1) is 12.2. The third-order valence-electron chi connectivity index (χ3n) is 3.59. The summed E-state index contributed by atoms with van der Waals surface area (Å²) in [7, 11) is 0. The smallest absolute Gasteiger partial charge is 0.162 e. The molecule has 0 saturated heterocycles. The van der Waals surface area contributed by atoms with Crippen molar-refractivity contribution in [2.45, 2.75) is 9.92 Å². The van der Waals surface area contributed by atoms with Gasteiger partial charge in [-0.05, 0) is 36.4 Å². The normalized spacial score (nSPS) is 11.0. The largest absolute Gasteiger partial charge is 0.264 e. The number of rotatable bonds is 3. The molecule has 0 aliphatic heterocycles. The van der Waals surface area contributed by atoms with Gasteiger partial charge in [-0.2, -0.15) is 0 Å². The first-order valence-corrected chi connectivity index (χ1v) is 8.32. The van der Waals surface area contributed by atoms with Gasteiger partial charge in [-0.1, -0.05) is 30.0 Å². The van der Waals surface area contributed by atoms with E-state index in [1.807, 2.05) is 36.4 Å². The Hall–Kier alpha value is -2.86. The van der Waals surface area contributed by atoms with E-state index in [0.29, 0.717) is 15.7 Å². The quantitative estimate of drug-likeness (QED) is 0.480. The fourth-order valence-electron chi connectivity index (χ4n) is 2.40. The number of aromatic nitrogens is 3. The van der Waals surface area contributed by atoms with Crippen molar-refractivity contribution in [1.29, 1.82) is 0 Å². The van der Waals surface area contributed by atoms with Gasteiger partial charge in [0.05, 0.1) is 5.52 Å². The van der Waals surface area contributed by atoms with Crippen molar-refractivity contribution in [2.75, 3.05) is 0 Å². The SMILES string of the molecule is Fc1ccc(Sc2nc(-c3cccnc3)nc3ccccc23)cc1F. The number of benzene rings is 2. The summed E-state index contributed by atoms with van der Waals surface area (Å²) in [6.07, 6.45) is 3.37. The first kappa shape index (κ1) is 15.7. The Morgan fingerprint density at radius 2 is 1.72 bits per heavy atom. The minimum absolute atomic E-state index is 0.539. The number of para-hydroxylation sites is 1. The van der Waals surface area contributed by atoms with Gasteiger partial charge < -0.3 is 0 Å². The number of fused-ring (bicyclic) bond motifs is 1. The number of nitrogens with zero attached hydrogens (tertiary/aromatic N) is 3. The highest BCUT2D eigenvalue weighted by atomic mass is 32.2. The first-order valence-electron chi connectivity index (χ1n) is 7.51. The summed E-state index contributed by atoms with van der Waals surface area (Å²) in [6, 6.07) is 15.1. The van der Waals surface area contributed by atoms with E-state index in [2.05, 4.69) is 15.0 Å². The van der Waals surface area contributed by atoms with Gasteiger partial charge in [-0.3, -0.25) is 4.98 Å². The average Bonchev–Trinajstić information content (AvgIpc) is 2.65. The maximum atomic E-state index is 13.5. The lowest BCUT2D eigenvalue weighted by atomic mass is 10.2. The molecule has 0 bridgehead atoms. The maximum absolute atomic E-state index is 13.5. The van der Waals surface area contributed by atoms with E-state index in [4.69, 9.17) is 0 Å². The van der Waals surface area contributed by atoms with Crippen LogP contribution in [0.15, 0.2) is 76.9 Å². The highest BCUT2D eigenvalue weighted by Gasteiger charge is 2.12. The van der Waals surface area contributed by atoms with Crippen LogP contribution in [0.3, 0.4) is 0 Å². The molecule has 4 aromatic rings. The van der Waals surface area contributed by atoms with Crippen LogP contribution in [0.1, 0.15) is 0 Å². The van der Waals surface area contributed by atoms with E-state index >= 15 is 0 Å². The lowest BCUT2D eigenvalue weighted by Gasteiger charge is -2.08. The minimum atomic E-state index is -0.879. The molecule has 0 saturated carbocycles. The van der Waals surface area contributed by atoms with Gasteiger partial charge in [0.15, 0.2) is 17.5 Å². The monoisotopic (exact) mass is 351 g/mol. The fraction of sp³-hybridized carbons (Fsp3) is 0. The van der Waals surface area contributed by atoms with Crippen molar-refractivity contribution < 1.29 is 8.78 Å². The van der Waals surface area contributed by atoms with Crippen LogP contribution in [0.4, 0.5) is 8.78 Å². The van der Waals surface area contributed by atoms with E-state index in [1.165, 1.54) is 23.9 Å². The van der Waals surface area contributed by atoms with Crippen LogP contribution >= 0.6 is 11.8 Å². The Kier molecular flexibility index (Phi) is 4.11. The molecule has 2 aromatic carbocycles. The summed E-state index contributed by atoms with van der Waals surface area (Å²) < 4.78 is 26.7. The third kappa shape index (κ3) is 3.21. The molecule has 0 N–H and O–H groups in total. The summed E-state index contributed by atoms with van der Waals surface area (Å²) in [5, 5.41) is 1.53. The van der Waals surface area contributed by atoms with Gasteiger partial charge in [0.2, 0.25) is 0 Å². The van der Waals surface area contributed by atoms with Crippen molar-refractivity contribution >= 4 is 22.7 Å². The van der Waals surface area contributed by atoms with E-state index in [0.717, 1.165) is 22.5 Å². The second-order valence-electron chi connectivity index (χ2n) is 5.29. The van der Waals surface area contributed by atoms with E-state index in [9.17, 15) is 8.78 Å². The van der Waals surface area contributed by atoms with Crippen LogP contribution in [0, 0.1) is 11.6 Å². The summed E-state index contributed by atoms with van der Waals surface area (Å²) in [4.78, 5) is 13.9. The van der Waals surface area contributed by atoms with Crippen LogP contribution in [-0.2, 0) is 0 Å². The minimum Gasteiger partial charge on any atom is -0.264 e. The van der Waals surface area contributed by atoms with Crippen LogP contribution < -0.4 is 0 Å².